The minimum atomic E-state index is -0.241. The van der Waals surface area contributed by atoms with Crippen molar-refractivity contribution in [1.29, 1.82) is 0 Å². The molecule has 0 N–H and O–H groups in total. The maximum atomic E-state index is 13.8. The third kappa shape index (κ3) is 3.05. The minimum Gasteiger partial charge on any atom is -0.309 e. The van der Waals surface area contributed by atoms with E-state index in [4.69, 9.17) is 4.98 Å². The Hall–Kier alpha value is -5.24. The molecule has 4 aromatic carbocycles. The lowest BCUT2D eigenvalue weighted by Crippen LogP contribution is -2.27. The van der Waals surface area contributed by atoms with Gasteiger partial charge in [-0.1, -0.05) is 48.5 Å². The van der Waals surface area contributed by atoms with Crippen LogP contribution >= 0.6 is 0 Å². The number of para-hydroxylation sites is 6. The van der Waals surface area contributed by atoms with Gasteiger partial charge >= 0.3 is 5.69 Å². The number of imidazole rings is 2. The van der Waals surface area contributed by atoms with Crippen molar-refractivity contribution in [1.82, 2.24) is 27.9 Å². The molecule has 0 unspecified atom stereocenters. The molecule has 4 aromatic heterocycles. The molecule has 0 saturated heterocycles. The van der Waals surface area contributed by atoms with E-state index >= 15 is 0 Å². The Morgan fingerprint density at radius 1 is 0.538 bits per heavy atom. The zero-order valence-electron chi connectivity index (χ0n) is 20.9. The van der Waals surface area contributed by atoms with Crippen LogP contribution in [0.5, 0.6) is 0 Å². The van der Waals surface area contributed by atoms with Crippen LogP contribution in [0.25, 0.3) is 55.3 Å². The summed E-state index contributed by atoms with van der Waals surface area (Å²) >= 11 is 0. The SMILES string of the molecule is O=c1nc2n(CCCn3c(=O)n4c5ccccc5nc4c4ccccc43)c3ccccc3n2c2ccccc12. The number of aromatic nitrogens is 6. The molecule has 4 heterocycles. The normalized spacial score (nSPS) is 12.1. The van der Waals surface area contributed by atoms with E-state index in [9.17, 15) is 9.59 Å². The predicted molar refractivity (Wildman–Crippen MR) is 154 cm³/mol. The molecule has 0 atom stereocenters. The van der Waals surface area contributed by atoms with Crippen molar-refractivity contribution in [2.75, 3.05) is 0 Å². The van der Waals surface area contributed by atoms with E-state index < -0.39 is 0 Å². The summed E-state index contributed by atoms with van der Waals surface area (Å²) in [5.74, 6) is 0.605. The average molecular weight is 511 g/mol. The Morgan fingerprint density at radius 3 is 1.97 bits per heavy atom. The van der Waals surface area contributed by atoms with Gasteiger partial charge in [-0.05, 0) is 55.0 Å². The molecule has 8 heteroatoms. The number of benzene rings is 4. The number of fused-ring (bicyclic) bond motifs is 10. The van der Waals surface area contributed by atoms with Crippen LogP contribution in [-0.4, -0.2) is 27.9 Å². The smallest absolute Gasteiger partial charge is 0.309 e. The molecular formula is C31H22N6O2. The summed E-state index contributed by atoms with van der Waals surface area (Å²) < 4.78 is 7.68. The summed E-state index contributed by atoms with van der Waals surface area (Å²) in [7, 11) is 0. The average Bonchev–Trinajstić information content (AvgIpc) is 3.51. The third-order valence-electron chi connectivity index (χ3n) is 7.61. The molecule has 0 aliphatic heterocycles. The molecule has 0 radical (unpaired) electrons. The van der Waals surface area contributed by atoms with Gasteiger partial charge in [-0.15, -0.1) is 0 Å². The van der Waals surface area contributed by atoms with Crippen LogP contribution < -0.4 is 11.2 Å². The largest absolute Gasteiger partial charge is 0.334 e. The van der Waals surface area contributed by atoms with E-state index in [1.54, 1.807) is 4.40 Å². The summed E-state index contributed by atoms with van der Waals surface area (Å²) in [6.07, 6.45) is 0.666. The maximum Gasteiger partial charge on any atom is 0.334 e. The van der Waals surface area contributed by atoms with Gasteiger partial charge in [-0.25, -0.2) is 14.2 Å². The molecule has 188 valence electrons. The predicted octanol–water partition coefficient (Wildman–Crippen LogP) is 5.01. The topological polar surface area (TPSA) is 78.6 Å². The van der Waals surface area contributed by atoms with Crippen LogP contribution in [0.4, 0.5) is 0 Å². The minimum absolute atomic E-state index is 0.111. The summed E-state index contributed by atoms with van der Waals surface area (Å²) in [6.45, 7) is 1.09. The highest BCUT2D eigenvalue weighted by molar-refractivity contribution is 5.96. The number of hydrogen-bond acceptors (Lipinski definition) is 4. The molecule has 0 saturated carbocycles. The lowest BCUT2D eigenvalue weighted by Gasteiger charge is -2.13. The standard InChI is InChI=1S/C31H22N6O2/c38-29-21-11-2-5-14-24(21)36-27-17-8-7-16-26(27)34(30(36)33-29)18-9-19-35-23-13-4-1-10-20(23)28-32-22-12-3-6-15-25(22)37(28)31(35)39/h1-8,10-17H,9,18-19H2. The van der Waals surface area contributed by atoms with Crippen molar-refractivity contribution in [3.63, 3.8) is 0 Å². The molecule has 8 aromatic rings. The zero-order valence-corrected chi connectivity index (χ0v) is 20.9. The van der Waals surface area contributed by atoms with Crippen molar-refractivity contribution in [3.05, 3.63) is 118 Å². The lowest BCUT2D eigenvalue weighted by molar-refractivity contribution is 0.568. The third-order valence-corrected chi connectivity index (χ3v) is 7.61. The Bertz CT molecular complexity index is 2370. The van der Waals surface area contributed by atoms with Gasteiger partial charge in [0.2, 0.25) is 5.78 Å². The molecule has 39 heavy (non-hydrogen) atoms. The Morgan fingerprint density at radius 2 is 1.15 bits per heavy atom. The second-order valence-electron chi connectivity index (χ2n) is 9.77. The van der Waals surface area contributed by atoms with E-state index in [0.29, 0.717) is 36.3 Å². The maximum absolute atomic E-state index is 13.8. The fourth-order valence-electron chi connectivity index (χ4n) is 5.91. The van der Waals surface area contributed by atoms with Gasteiger partial charge in [-0.3, -0.25) is 13.8 Å². The first-order valence-corrected chi connectivity index (χ1v) is 13.0. The first-order chi connectivity index (χ1) is 19.2. The lowest BCUT2D eigenvalue weighted by atomic mass is 10.2. The number of rotatable bonds is 4. The van der Waals surface area contributed by atoms with Crippen LogP contribution in [0.15, 0.2) is 107 Å². The number of hydrogen-bond donors (Lipinski definition) is 0. The molecule has 0 bridgehead atoms. The van der Waals surface area contributed by atoms with E-state index in [2.05, 4.69) is 20.0 Å². The quantitative estimate of drug-likeness (QED) is 0.334. The molecular weight excluding hydrogens is 488 g/mol. The first kappa shape index (κ1) is 21.8. The van der Waals surface area contributed by atoms with Gasteiger partial charge in [0.25, 0.3) is 5.56 Å². The van der Waals surface area contributed by atoms with Crippen LogP contribution in [-0.2, 0) is 13.1 Å². The van der Waals surface area contributed by atoms with Gasteiger partial charge in [-0.2, -0.15) is 4.98 Å². The van der Waals surface area contributed by atoms with Gasteiger partial charge in [0.1, 0.15) is 0 Å². The van der Waals surface area contributed by atoms with E-state index in [1.165, 1.54) is 0 Å². The van der Waals surface area contributed by atoms with Crippen molar-refractivity contribution in [2.24, 2.45) is 0 Å². The van der Waals surface area contributed by atoms with Gasteiger partial charge < -0.3 is 4.57 Å². The van der Waals surface area contributed by atoms with E-state index in [0.717, 1.165) is 38.5 Å². The molecule has 8 rings (SSSR count). The molecule has 0 aliphatic rings. The second kappa shape index (κ2) is 8.13. The molecule has 0 aliphatic carbocycles. The van der Waals surface area contributed by atoms with Crippen molar-refractivity contribution in [3.8, 4) is 0 Å². The van der Waals surface area contributed by atoms with Crippen LogP contribution in [0.1, 0.15) is 6.42 Å². The fourth-order valence-corrected chi connectivity index (χ4v) is 5.91. The van der Waals surface area contributed by atoms with Crippen molar-refractivity contribution in [2.45, 2.75) is 19.5 Å². The molecule has 0 spiro atoms. The van der Waals surface area contributed by atoms with E-state index in [1.807, 2.05) is 95.6 Å². The molecule has 0 amide bonds. The fraction of sp³-hybridized carbons (Fsp3) is 0.0968. The Balaban J connectivity index is 1.28. The molecule has 0 fully saturated rings. The second-order valence-corrected chi connectivity index (χ2v) is 9.77. The summed E-state index contributed by atoms with van der Waals surface area (Å²) in [6, 6.07) is 31.3. The van der Waals surface area contributed by atoms with Gasteiger partial charge in [0.05, 0.1) is 38.5 Å². The number of aryl methyl sites for hydroxylation is 2. The van der Waals surface area contributed by atoms with Crippen LogP contribution in [0.2, 0.25) is 0 Å². The summed E-state index contributed by atoms with van der Waals surface area (Å²) in [4.78, 5) is 36.0. The van der Waals surface area contributed by atoms with Crippen LogP contribution in [0, 0.1) is 0 Å². The highest BCUT2D eigenvalue weighted by Gasteiger charge is 2.17. The first-order valence-electron chi connectivity index (χ1n) is 13.0. The summed E-state index contributed by atoms with van der Waals surface area (Å²) in [5.41, 5.74) is 5.59. The van der Waals surface area contributed by atoms with Crippen molar-refractivity contribution >= 4 is 55.3 Å². The Labute approximate surface area is 220 Å². The zero-order chi connectivity index (χ0) is 26.1. The highest BCUT2D eigenvalue weighted by atomic mass is 16.1. The molecule has 8 nitrogen and oxygen atoms in total. The monoisotopic (exact) mass is 510 g/mol. The Kier molecular flexibility index (Phi) is 4.55. The van der Waals surface area contributed by atoms with Crippen LogP contribution in [0.3, 0.4) is 0 Å². The van der Waals surface area contributed by atoms with Crippen molar-refractivity contribution < 1.29 is 0 Å². The number of nitrogens with zero attached hydrogens (tertiary/aromatic N) is 6. The van der Waals surface area contributed by atoms with Gasteiger partial charge in [0, 0.05) is 18.5 Å². The highest BCUT2D eigenvalue weighted by Crippen LogP contribution is 2.25. The van der Waals surface area contributed by atoms with E-state index in [-0.39, 0.29) is 11.2 Å². The van der Waals surface area contributed by atoms with Gasteiger partial charge in [0.15, 0.2) is 5.65 Å². The summed E-state index contributed by atoms with van der Waals surface area (Å²) in [5, 5.41) is 1.53.